The number of benzene rings is 1. The summed E-state index contributed by atoms with van der Waals surface area (Å²) in [7, 11) is 0. The lowest BCUT2D eigenvalue weighted by Gasteiger charge is -2.06. The lowest BCUT2D eigenvalue weighted by atomic mass is 10.3. The van der Waals surface area contributed by atoms with Gasteiger partial charge in [0.2, 0.25) is 0 Å². The number of rotatable bonds is 5. The van der Waals surface area contributed by atoms with Crippen LogP contribution >= 0.6 is 24.0 Å². The van der Waals surface area contributed by atoms with Crippen LogP contribution in [-0.2, 0) is 0 Å². The highest BCUT2D eigenvalue weighted by molar-refractivity contribution is 6.32. The second-order valence-corrected chi connectivity index (χ2v) is 3.45. The van der Waals surface area contributed by atoms with E-state index in [1.54, 1.807) is 0 Å². The second kappa shape index (κ2) is 7.86. The SMILES string of the molecule is Cl.NCC=C(F)COc1ccc([N+](=O)[O-])cc1Cl. The van der Waals surface area contributed by atoms with Crippen LogP contribution in [0.2, 0.25) is 5.02 Å². The monoisotopic (exact) mass is 296 g/mol. The average Bonchev–Trinajstić information content (AvgIpc) is 2.27. The van der Waals surface area contributed by atoms with Crippen LogP contribution in [0.3, 0.4) is 0 Å². The maximum atomic E-state index is 12.9. The van der Waals surface area contributed by atoms with E-state index in [0.29, 0.717) is 0 Å². The van der Waals surface area contributed by atoms with Crippen LogP contribution in [0.15, 0.2) is 30.1 Å². The fourth-order valence-corrected chi connectivity index (χ4v) is 1.28. The molecule has 0 bridgehead atoms. The van der Waals surface area contributed by atoms with Crippen molar-refractivity contribution >= 4 is 29.7 Å². The smallest absolute Gasteiger partial charge is 0.271 e. The Bertz CT molecular complexity index is 455. The molecule has 5 nitrogen and oxygen atoms in total. The van der Waals surface area contributed by atoms with E-state index in [4.69, 9.17) is 22.1 Å². The average molecular weight is 297 g/mol. The summed E-state index contributed by atoms with van der Waals surface area (Å²) in [6.07, 6.45) is 1.17. The summed E-state index contributed by atoms with van der Waals surface area (Å²) in [6.45, 7) is -0.238. The van der Waals surface area contributed by atoms with Gasteiger partial charge in [0, 0.05) is 18.7 Å². The van der Waals surface area contributed by atoms with Crippen molar-refractivity contribution in [1.29, 1.82) is 0 Å². The van der Waals surface area contributed by atoms with E-state index < -0.39 is 10.8 Å². The van der Waals surface area contributed by atoms with Gasteiger partial charge in [-0.05, 0) is 12.1 Å². The van der Waals surface area contributed by atoms with Gasteiger partial charge in [-0.15, -0.1) is 12.4 Å². The maximum Gasteiger partial charge on any atom is 0.271 e. The van der Waals surface area contributed by atoms with Crippen LogP contribution in [0.4, 0.5) is 10.1 Å². The molecule has 100 valence electrons. The number of nitrogens with two attached hydrogens (primary N) is 1. The third-order valence-electron chi connectivity index (χ3n) is 1.83. The minimum atomic E-state index is -0.579. The van der Waals surface area contributed by atoms with Crippen molar-refractivity contribution in [2.45, 2.75) is 0 Å². The Hall–Kier alpha value is -1.37. The molecule has 0 aromatic heterocycles. The summed E-state index contributed by atoms with van der Waals surface area (Å²) in [5.74, 6) is -0.347. The molecule has 0 aliphatic carbocycles. The molecule has 18 heavy (non-hydrogen) atoms. The van der Waals surface area contributed by atoms with Crippen LogP contribution in [0.1, 0.15) is 0 Å². The quantitative estimate of drug-likeness (QED) is 0.669. The molecule has 0 saturated heterocycles. The molecule has 1 aromatic rings. The van der Waals surface area contributed by atoms with Crippen molar-refractivity contribution < 1.29 is 14.1 Å². The van der Waals surface area contributed by atoms with Crippen molar-refractivity contribution in [3.63, 3.8) is 0 Å². The maximum absolute atomic E-state index is 12.9. The first-order valence-corrected chi connectivity index (χ1v) is 5.03. The molecule has 0 aliphatic rings. The van der Waals surface area contributed by atoms with Gasteiger partial charge in [-0.3, -0.25) is 10.1 Å². The first-order chi connectivity index (χ1) is 8.04. The third-order valence-corrected chi connectivity index (χ3v) is 2.13. The zero-order chi connectivity index (χ0) is 12.8. The largest absolute Gasteiger partial charge is 0.485 e. The molecule has 0 spiro atoms. The van der Waals surface area contributed by atoms with Gasteiger partial charge in [-0.1, -0.05) is 11.6 Å². The van der Waals surface area contributed by atoms with Gasteiger partial charge in [0.15, 0.2) is 0 Å². The fraction of sp³-hybridized carbons (Fsp3) is 0.200. The summed E-state index contributed by atoms with van der Waals surface area (Å²) in [5, 5.41) is 10.5. The topological polar surface area (TPSA) is 78.4 Å². The van der Waals surface area contributed by atoms with E-state index in [2.05, 4.69) is 0 Å². The Morgan fingerprint density at radius 1 is 1.61 bits per heavy atom. The summed E-state index contributed by atoms with van der Waals surface area (Å²) < 4.78 is 18.0. The minimum absolute atomic E-state index is 0. The number of ether oxygens (including phenoxy) is 1. The summed E-state index contributed by atoms with van der Waals surface area (Å²) in [5.41, 5.74) is 4.96. The first-order valence-electron chi connectivity index (χ1n) is 4.66. The van der Waals surface area contributed by atoms with Crippen LogP contribution < -0.4 is 10.5 Å². The van der Waals surface area contributed by atoms with Crippen LogP contribution in [-0.4, -0.2) is 18.1 Å². The Labute approximate surface area is 114 Å². The molecule has 1 aromatic carbocycles. The van der Waals surface area contributed by atoms with Crippen LogP contribution in [0.25, 0.3) is 0 Å². The molecule has 0 fully saturated rings. The van der Waals surface area contributed by atoms with Crippen molar-refractivity contribution in [2.24, 2.45) is 5.73 Å². The van der Waals surface area contributed by atoms with E-state index in [0.717, 1.165) is 6.07 Å². The highest BCUT2D eigenvalue weighted by Crippen LogP contribution is 2.28. The summed E-state index contributed by atoms with van der Waals surface area (Å²) in [6, 6.07) is 3.68. The molecule has 8 heteroatoms. The zero-order valence-electron chi connectivity index (χ0n) is 9.14. The Morgan fingerprint density at radius 3 is 2.78 bits per heavy atom. The summed E-state index contributed by atoms with van der Waals surface area (Å²) >= 11 is 5.74. The molecule has 1 rings (SSSR count). The highest BCUT2D eigenvalue weighted by Gasteiger charge is 2.10. The van der Waals surface area contributed by atoms with Crippen molar-refractivity contribution in [1.82, 2.24) is 0 Å². The van der Waals surface area contributed by atoms with Crippen molar-refractivity contribution in [3.05, 3.63) is 45.2 Å². The van der Waals surface area contributed by atoms with Gasteiger partial charge in [0.25, 0.3) is 5.69 Å². The predicted octanol–water partition coefficient (Wildman–Crippen LogP) is 2.86. The number of non-ortho nitro benzene ring substituents is 1. The Morgan fingerprint density at radius 2 is 2.28 bits per heavy atom. The first kappa shape index (κ1) is 16.6. The van der Waals surface area contributed by atoms with E-state index >= 15 is 0 Å². The minimum Gasteiger partial charge on any atom is -0.485 e. The normalized spacial score (nSPS) is 10.7. The standard InChI is InChI=1S/C10H10ClFN2O3.ClH/c11-9-5-8(14(15)16)1-2-10(9)17-6-7(12)3-4-13;/h1-3,5H,4,6,13H2;1H. The zero-order valence-corrected chi connectivity index (χ0v) is 10.7. The molecule has 0 aliphatic heterocycles. The molecule has 0 unspecified atom stereocenters. The van der Waals surface area contributed by atoms with Crippen LogP contribution in [0, 0.1) is 10.1 Å². The second-order valence-electron chi connectivity index (χ2n) is 3.05. The Balaban J connectivity index is 0.00000289. The van der Waals surface area contributed by atoms with Gasteiger partial charge in [0.05, 0.1) is 9.95 Å². The van der Waals surface area contributed by atoms with Gasteiger partial charge in [0.1, 0.15) is 18.2 Å². The number of nitrogens with zero attached hydrogens (tertiary/aromatic N) is 1. The molecule has 2 N–H and O–H groups in total. The van der Waals surface area contributed by atoms with Crippen molar-refractivity contribution in [3.8, 4) is 5.75 Å². The van der Waals surface area contributed by atoms with Gasteiger partial charge in [-0.25, -0.2) is 4.39 Å². The van der Waals surface area contributed by atoms with E-state index in [9.17, 15) is 14.5 Å². The van der Waals surface area contributed by atoms with Crippen molar-refractivity contribution in [2.75, 3.05) is 13.2 Å². The molecular weight excluding hydrogens is 286 g/mol. The van der Waals surface area contributed by atoms with Gasteiger partial charge >= 0.3 is 0 Å². The third kappa shape index (κ3) is 4.87. The number of nitro groups is 1. The van der Waals surface area contributed by atoms with E-state index in [1.165, 1.54) is 18.2 Å². The fourth-order valence-electron chi connectivity index (χ4n) is 1.05. The number of halogens is 3. The number of nitro benzene ring substituents is 1. The molecule has 0 heterocycles. The molecular formula is C10H11Cl2FN2O3. The van der Waals surface area contributed by atoms with Gasteiger partial charge in [-0.2, -0.15) is 0 Å². The predicted molar refractivity (Wildman–Crippen MR) is 69.1 cm³/mol. The van der Waals surface area contributed by atoms with Gasteiger partial charge < -0.3 is 10.5 Å². The van der Waals surface area contributed by atoms with Crippen LogP contribution in [0.5, 0.6) is 5.75 Å². The number of hydrogen-bond acceptors (Lipinski definition) is 4. The van der Waals surface area contributed by atoms with E-state index in [-0.39, 0.29) is 42.0 Å². The molecule has 0 saturated carbocycles. The number of hydrogen-bond donors (Lipinski definition) is 1. The van der Waals surface area contributed by atoms with E-state index in [1.807, 2.05) is 0 Å². The molecule has 0 atom stereocenters. The molecule has 0 radical (unpaired) electrons. The lowest BCUT2D eigenvalue weighted by molar-refractivity contribution is -0.384. The molecule has 0 amide bonds. The highest BCUT2D eigenvalue weighted by atomic mass is 35.5. The Kier molecular flexibility index (Phi) is 7.26. The summed E-state index contributed by atoms with van der Waals surface area (Å²) in [4.78, 5) is 9.86. The lowest BCUT2D eigenvalue weighted by Crippen LogP contribution is -2.02.